The lowest BCUT2D eigenvalue weighted by Crippen LogP contribution is -1.85. The normalized spacial score (nSPS) is 11.3. The first kappa shape index (κ1) is 8.29. The highest BCUT2D eigenvalue weighted by molar-refractivity contribution is 6.07. The summed E-state index contributed by atoms with van der Waals surface area (Å²) >= 11 is 0. The average Bonchev–Trinajstić information content (AvgIpc) is 2.80. The highest BCUT2D eigenvalue weighted by Gasteiger charge is 2.09. The van der Waals surface area contributed by atoms with Crippen molar-refractivity contribution in [2.45, 2.75) is 0 Å². The van der Waals surface area contributed by atoms with Crippen LogP contribution < -0.4 is 0 Å². The first-order valence-corrected chi connectivity index (χ1v) is 4.82. The molecule has 2 heterocycles. The largest absolute Gasteiger partial charge is 0.351 e. The summed E-state index contributed by atoms with van der Waals surface area (Å²) in [6.45, 7) is 0. The standard InChI is InChI=1S/C12H10N2O/c1-14-10-5-3-2-4-9(10)12-11(14)6-8(7-15)13-12/h2-7,13H,1H3. The molecule has 0 aliphatic rings. The Balaban J connectivity index is 2.57. The van der Waals surface area contributed by atoms with E-state index < -0.39 is 0 Å². The van der Waals surface area contributed by atoms with Crippen molar-refractivity contribution in [2.75, 3.05) is 0 Å². The van der Waals surface area contributed by atoms with E-state index in [0.717, 1.165) is 22.7 Å². The van der Waals surface area contributed by atoms with Gasteiger partial charge in [-0.3, -0.25) is 4.79 Å². The van der Waals surface area contributed by atoms with E-state index in [2.05, 4.69) is 21.7 Å². The first-order valence-electron chi connectivity index (χ1n) is 4.82. The fourth-order valence-electron chi connectivity index (χ4n) is 2.10. The quantitative estimate of drug-likeness (QED) is 0.599. The fourth-order valence-corrected chi connectivity index (χ4v) is 2.10. The molecule has 3 nitrogen and oxygen atoms in total. The highest BCUT2D eigenvalue weighted by Crippen LogP contribution is 2.27. The molecule has 0 saturated heterocycles. The molecule has 0 aliphatic carbocycles. The second kappa shape index (κ2) is 2.73. The Morgan fingerprint density at radius 3 is 2.87 bits per heavy atom. The molecule has 2 aromatic heterocycles. The second-order valence-electron chi connectivity index (χ2n) is 3.68. The molecule has 0 unspecified atom stereocenters. The van der Waals surface area contributed by atoms with Gasteiger partial charge in [0.15, 0.2) is 6.29 Å². The van der Waals surface area contributed by atoms with Crippen molar-refractivity contribution in [3.05, 3.63) is 36.0 Å². The van der Waals surface area contributed by atoms with Gasteiger partial charge in [-0.25, -0.2) is 0 Å². The van der Waals surface area contributed by atoms with Crippen LogP contribution in [0.5, 0.6) is 0 Å². The van der Waals surface area contributed by atoms with E-state index in [1.807, 2.05) is 25.2 Å². The zero-order valence-corrected chi connectivity index (χ0v) is 8.32. The zero-order valence-electron chi connectivity index (χ0n) is 8.32. The number of benzene rings is 1. The van der Waals surface area contributed by atoms with Crippen LogP contribution in [0.15, 0.2) is 30.3 Å². The number of carbonyl (C=O) groups excluding carboxylic acids is 1. The monoisotopic (exact) mass is 198 g/mol. The van der Waals surface area contributed by atoms with Crippen molar-refractivity contribution < 1.29 is 4.79 Å². The smallest absolute Gasteiger partial charge is 0.166 e. The number of carbonyl (C=O) groups is 1. The van der Waals surface area contributed by atoms with Crippen LogP contribution in [0.25, 0.3) is 21.9 Å². The number of rotatable bonds is 1. The van der Waals surface area contributed by atoms with Crippen molar-refractivity contribution in [3.8, 4) is 0 Å². The third kappa shape index (κ3) is 0.973. The maximum atomic E-state index is 10.7. The number of aromatic nitrogens is 2. The Morgan fingerprint density at radius 2 is 2.07 bits per heavy atom. The fraction of sp³-hybridized carbons (Fsp3) is 0.0833. The van der Waals surface area contributed by atoms with Crippen LogP contribution in [0.3, 0.4) is 0 Å². The van der Waals surface area contributed by atoms with E-state index >= 15 is 0 Å². The summed E-state index contributed by atoms with van der Waals surface area (Å²) in [5.41, 5.74) is 3.91. The van der Waals surface area contributed by atoms with Gasteiger partial charge >= 0.3 is 0 Å². The molecule has 0 bridgehead atoms. The molecule has 3 heteroatoms. The molecule has 1 N–H and O–H groups in total. The molecule has 0 spiro atoms. The Kier molecular flexibility index (Phi) is 1.51. The number of aromatic amines is 1. The van der Waals surface area contributed by atoms with Gasteiger partial charge in [-0.1, -0.05) is 18.2 Å². The van der Waals surface area contributed by atoms with E-state index in [4.69, 9.17) is 0 Å². The van der Waals surface area contributed by atoms with Gasteiger partial charge in [-0.2, -0.15) is 0 Å². The second-order valence-corrected chi connectivity index (χ2v) is 3.68. The molecule has 0 aliphatic heterocycles. The molecular weight excluding hydrogens is 188 g/mol. The molecule has 0 saturated carbocycles. The Hall–Kier alpha value is -2.03. The van der Waals surface area contributed by atoms with Crippen LogP contribution in [0.4, 0.5) is 0 Å². The maximum absolute atomic E-state index is 10.7. The third-order valence-corrected chi connectivity index (χ3v) is 2.84. The molecular formula is C12H10N2O. The van der Waals surface area contributed by atoms with Gasteiger partial charge in [0.05, 0.1) is 22.2 Å². The number of aldehydes is 1. The number of nitrogens with zero attached hydrogens (tertiary/aromatic N) is 1. The predicted molar refractivity (Wildman–Crippen MR) is 60.2 cm³/mol. The molecule has 74 valence electrons. The molecule has 1 aromatic carbocycles. The Labute approximate surface area is 86.3 Å². The Bertz CT molecular complexity index is 661. The lowest BCUT2D eigenvalue weighted by Gasteiger charge is -1.95. The van der Waals surface area contributed by atoms with Crippen molar-refractivity contribution >= 4 is 28.2 Å². The van der Waals surface area contributed by atoms with E-state index in [1.165, 1.54) is 5.52 Å². The van der Waals surface area contributed by atoms with E-state index in [1.54, 1.807) is 0 Å². The number of H-pyrrole nitrogens is 1. The summed E-state index contributed by atoms with van der Waals surface area (Å²) in [6.07, 6.45) is 0.842. The third-order valence-electron chi connectivity index (χ3n) is 2.84. The van der Waals surface area contributed by atoms with E-state index in [0.29, 0.717) is 5.69 Å². The van der Waals surface area contributed by atoms with Gasteiger partial charge in [0.1, 0.15) is 0 Å². The molecule has 0 atom stereocenters. The van der Waals surface area contributed by atoms with Gasteiger partial charge in [0, 0.05) is 12.4 Å². The lowest BCUT2D eigenvalue weighted by atomic mass is 10.2. The number of nitrogens with one attached hydrogen (secondary N) is 1. The van der Waals surface area contributed by atoms with Crippen LogP contribution in [-0.4, -0.2) is 15.8 Å². The highest BCUT2D eigenvalue weighted by atomic mass is 16.1. The van der Waals surface area contributed by atoms with Crippen LogP contribution >= 0.6 is 0 Å². The van der Waals surface area contributed by atoms with Crippen LogP contribution in [0.2, 0.25) is 0 Å². The summed E-state index contributed by atoms with van der Waals surface area (Å²) < 4.78 is 2.09. The average molecular weight is 198 g/mol. The summed E-state index contributed by atoms with van der Waals surface area (Å²) in [6, 6.07) is 10.0. The van der Waals surface area contributed by atoms with Crippen molar-refractivity contribution in [2.24, 2.45) is 7.05 Å². The summed E-state index contributed by atoms with van der Waals surface area (Å²) in [5.74, 6) is 0. The number of fused-ring (bicyclic) bond motifs is 3. The maximum Gasteiger partial charge on any atom is 0.166 e. The number of hydrogen-bond acceptors (Lipinski definition) is 1. The molecule has 3 rings (SSSR count). The van der Waals surface area contributed by atoms with Gasteiger partial charge < -0.3 is 9.55 Å². The number of para-hydroxylation sites is 1. The number of aryl methyl sites for hydroxylation is 1. The molecule has 15 heavy (non-hydrogen) atoms. The Morgan fingerprint density at radius 1 is 1.27 bits per heavy atom. The first-order chi connectivity index (χ1) is 7.31. The predicted octanol–water partition coefficient (Wildman–Crippen LogP) is 2.47. The van der Waals surface area contributed by atoms with Gasteiger partial charge in [-0.05, 0) is 12.1 Å². The molecule has 0 radical (unpaired) electrons. The lowest BCUT2D eigenvalue weighted by molar-refractivity contribution is 0.112. The molecule has 3 aromatic rings. The molecule has 0 amide bonds. The summed E-state index contributed by atoms with van der Waals surface area (Å²) in [4.78, 5) is 13.8. The van der Waals surface area contributed by atoms with Crippen LogP contribution in [0, 0.1) is 0 Å². The van der Waals surface area contributed by atoms with Crippen molar-refractivity contribution in [1.29, 1.82) is 0 Å². The van der Waals surface area contributed by atoms with Gasteiger partial charge in [0.2, 0.25) is 0 Å². The topological polar surface area (TPSA) is 37.8 Å². The van der Waals surface area contributed by atoms with Gasteiger partial charge in [-0.15, -0.1) is 0 Å². The summed E-state index contributed by atoms with van der Waals surface area (Å²) in [7, 11) is 2.01. The zero-order chi connectivity index (χ0) is 10.4. The van der Waals surface area contributed by atoms with Crippen molar-refractivity contribution in [1.82, 2.24) is 9.55 Å². The minimum atomic E-state index is 0.626. The van der Waals surface area contributed by atoms with E-state index in [-0.39, 0.29) is 0 Å². The van der Waals surface area contributed by atoms with Gasteiger partial charge in [0.25, 0.3) is 0 Å². The van der Waals surface area contributed by atoms with Crippen LogP contribution in [-0.2, 0) is 7.05 Å². The van der Waals surface area contributed by atoms with Crippen molar-refractivity contribution in [3.63, 3.8) is 0 Å². The minimum Gasteiger partial charge on any atom is -0.351 e. The minimum absolute atomic E-state index is 0.626. The van der Waals surface area contributed by atoms with Crippen LogP contribution in [0.1, 0.15) is 10.5 Å². The number of hydrogen-bond donors (Lipinski definition) is 1. The molecule has 0 fully saturated rings. The summed E-state index contributed by atoms with van der Waals surface area (Å²) in [5, 5.41) is 1.16. The van der Waals surface area contributed by atoms with E-state index in [9.17, 15) is 4.79 Å². The SMILES string of the molecule is Cn1c2ccccc2c2[nH]c(C=O)cc21.